The summed E-state index contributed by atoms with van der Waals surface area (Å²) in [5.41, 5.74) is 16.8. The molecule has 2 atom stereocenters. The van der Waals surface area contributed by atoms with Gasteiger partial charge in [-0.25, -0.2) is 4.79 Å². The van der Waals surface area contributed by atoms with Crippen LogP contribution in [0.25, 0.3) is 16.5 Å². The summed E-state index contributed by atoms with van der Waals surface area (Å²) >= 11 is 0. The van der Waals surface area contributed by atoms with Crippen LogP contribution < -0.4 is 11.5 Å². The van der Waals surface area contributed by atoms with E-state index < -0.39 is 5.97 Å². The van der Waals surface area contributed by atoms with Gasteiger partial charge in [-0.1, -0.05) is 18.2 Å². The van der Waals surface area contributed by atoms with E-state index in [9.17, 15) is 9.59 Å². The van der Waals surface area contributed by atoms with E-state index in [4.69, 9.17) is 16.6 Å². The number of nitrogens with two attached hydrogens (primary N) is 2. The van der Waals surface area contributed by atoms with Crippen LogP contribution in [0.3, 0.4) is 0 Å². The van der Waals surface area contributed by atoms with Crippen LogP contribution in [-0.4, -0.2) is 64.5 Å². The fraction of sp³-hybridized carbons (Fsp3) is 0.333. The van der Waals surface area contributed by atoms with Gasteiger partial charge >= 0.3 is 5.97 Å². The molecule has 35 heavy (non-hydrogen) atoms. The molecule has 3 aromatic rings. The number of benzene rings is 2. The third-order valence-corrected chi connectivity index (χ3v) is 6.89. The summed E-state index contributed by atoms with van der Waals surface area (Å²) in [5, 5.41) is 9.86. The van der Waals surface area contributed by atoms with Crippen molar-refractivity contribution in [1.82, 2.24) is 14.8 Å². The second-order valence-electron chi connectivity index (χ2n) is 9.13. The molecule has 5 rings (SSSR count). The molecule has 0 bridgehead atoms. The van der Waals surface area contributed by atoms with Crippen molar-refractivity contribution in [2.75, 3.05) is 38.1 Å². The number of nitrogens with zero attached hydrogens (tertiary/aromatic N) is 2. The lowest BCUT2D eigenvalue weighted by atomic mass is 9.79. The molecule has 0 fully saturated rings. The van der Waals surface area contributed by atoms with E-state index in [0.717, 1.165) is 26.1 Å². The quantitative estimate of drug-likeness (QED) is 0.428. The highest BCUT2D eigenvalue weighted by atomic mass is 16.4. The molecule has 1 aliphatic heterocycles. The average Bonchev–Trinajstić information content (AvgIpc) is 3.24. The fourth-order valence-electron chi connectivity index (χ4n) is 5.18. The number of aromatic amines is 1. The minimum absolute atomic E-state index is 0.0445. The Morgan fingerprint density at radius 3 is 2.46 bits per heavy atom. The molecule has 0 spiro atoms. The highest BCUT2D eigenvalue weighted by molar-refractivity contribution is 5.99. The largest absolute Gasteiger partial charge is 0.478 e. The van der Waals surface area contributed by atoms with Crippen molar-refractivity contribution in [3.8, 4) is 0 Å². The van der Waals surface area contributed by atoms with Gasteiger partial charge in [0.2, 0.25) is 5.91 Å². The van der Waals surface area contributed by atoms with Crippen molar-refractivity contribution in [3.05, 3.63) is 65.4 Å². The molecular weight excluding hydrogens is 442 g/mol. The zero-order chi connectivity index (χ0) is 25.3. The number of H-pyrrole nitrogens is 1. The lowest BCUT2D eigenvalue weighted by molar-refractivity contribution is -0.134. The summed E-state index contributed by atoms with van der Waals surface area (Å²) in [6.45, 7) is 6.47. The number of rotatable bonds is 4. The first-order valence-electron chi connectivity index (χ1n) is 11.9. The Morgan fingerprint density at radius 2 is 1.83 bits per heavy atom. The molecule has 6 N–H and O–H groups in total. The molecule has 2 heterocycles. The number of carbonyl (C=O) groups excluding carboxylic acids is 1. The van der Waals surface area contributed by atoms with Crippen molar-refractivity contribution in [2.24, 2.45) is 5.92 Å². The average molecular weight is 476 g/mol. The van der Waals surface area contributed by atoms with E-state index in [-0.39, 0.29) is 17.4 Å². The Balaban J connectivity index is 0.000000221. The number of amides is 1. The van der Waals surface area contributed by atoms with E-state index in [1.807, 2.05) is 4.90 Å². The minimum atomic E-state index is -1.02. The van der Waals surface area contributed by atoms with Crippen LogP contribution in [-0.2, 0) is 11.2 Å². The number of nitrogen functional groups attached to an aromatic ring is 2. The number of hydrogen-bond donors (Lipinski definition) is 4. The Kier molecular flexibility index (Phi) is 6.84. The van der Waals surface area contributed by atoms with Crippen LogP contribution in [0.2, 0.25) is 0 Å². The maximum atomic E-state index is 12.9. The standard InChI is InChI=1S/C20H25N3O.C7H8N2O2/c1-4-23(5-2)20(24)14-9-16-15-7-6-8-17-19(15)13(11-21-17)10-18(16)22(3)12-14;8-5-1-4(7(10)11)2-6(9)3-5/h6-9,11,14,18,21H,4-5,10,12H2,1-3H3;1-3H,8-9H2,(H,10,11)/t14-,18-;/m1./s1. The van der Waals surface area contributed by atoms with Gasteiger partial charge < -0.3 is 26.5 Å². The molecule has 184 valence electrons. The summed E-state index contributed by atoms with van der Waals surface area (Å²) in [6, 6.07) is 11.0. The summed E-state index contributed by atoms with van der Waals surface area (Å²) < 4.78 is 0. The number of carbonyl (C=O) groups is 2. The first-order chi connectivity index (χ1) is 16.7. The van der Waals surface area contributed by atoms with Gasteiger partial charge in [0.15, 0.2) is 0 Å². The van der Waals surface area contributed by atoms with E-state index in [2.05, 4.69) is 61.3 Å². The number of nitrogens with one attached hydrogen (secondary N) is 1. The molecule has 1 aliphatic carbocycles. The molecule has 8 heteroatoms. The second-order valence-corrected chi connectivity index (χ2v) is 9.13. The van der Waals surface area contributed by atoms with Gasteiger partial charge in [-0.2, -0.15) is 0 Å². The molecule has 2 aromatic carbocycles. The highest BCUT2D eigenvalue weighted by Gasteiger charge is 2.36. The van der Waals surface area contributed by atoms with E-state index >= 15 is 0 Å². The van der Waals surface area contributed by atoms with E-state index in [1.165, 1.54) is 45.8 Å². The van der Waals surface area contributed by atoms with Crippen LogP contribution in [0.5, 0.6) is 0 Å². The molecule has 0 radical (unpaired) electrons. The maximum absolute atomic E-state index is 12.9. The number of likely N-dealkylation sites (N-methyl/N-ethyl adjacent to an activating group) is 1. The number of hydrogen-bond acceptors (Lipinski definition) is 5. The van der Waals surface area contributed by atoms with Crippen molar-refractivity contribution in [3.63, 3.8) is 0 Å². The molecule has 0 saturated heterocycles. The molecule has 1 amide bonds. The van der Waals surface area contributed by atoms with Gasteiger partial charge in [0.05, 0.1) is 11.5 Å². The van der Waals surface area contributed by atoms with Crippen molar-refractivity contribution >= 4 is 39.7 Å². The number of anilines is 2. The summed E-state index contributed by atoms with van der Waals surface area (Å²) in [7, 11) is 2.15. The zero-order valence-corrected chi connectivity index (χ0v) is 20.4. The first-order valence-corrected chi connectivity index (χ1v) is 11.9. The van der Waals surface area contributed by atoms with E-state index in [1.54, 1.807) is 0 Å². The van der Waals surface area contributed by atoms with Crippen molar-refractivity contribution in [2.45, 2.75) is 26.3 Å². The van der Waals surface area contributed by atoms with Crippen LogP contribution in [0, 0.1) is 5.92 Å². The highest BCUT2D eigenvalue weighted by Crippen LogP contribution is 2.40. The van der Waals surface area contributed by atoms with Crippen molar-refractivity contribution in [1.29, 1.82) is 0 Å². The lowest BCUT2D eigenvalue weighted by Gasteiger charge is -2.40. The van der Waals surface area contributed by atoms with Gasteiger partial charge in [0, 0.05) is 54.2 Å². The predicted octanol–water partition coefficient (Wildman–Crippen LogP) is 3.46. The summed E-state index contributed by atoms with van der Waals surface area (Å²) in [4.78, 5) is 31.0. The molecule has 2 aliphatic rings. The molecule has 0 unspecified atom stereocenters. The third-order valence-electron chi connectivity index (χ3n) is 6.89. The van der Waals surface area contributed by atoms with Crippen LogP contribution >= 0.6 is 0 Å². The van der Waals surface area contributed by atoms with Gasteiger partial charge in [0.25, 0.3) is 0 Å². The van der Waals surface area contributed by atoms with E-state index in [0.29, 0.717) is 17.4 Å². The molecular formula is C27H33N5O3. The monoisotopic (exact) mass is 475 g/mol. The number of carboxylic acids is 1. The molecule has 1 aromatic heterocycles. The SMILES string of the molecule is CCN(CC)C(=O)[C@@H]1C=C2c3cccc4[nH]cc(c34)C[C@H]2N(C)C1.Nc1cc(N)cc(C(=O)O)c1. The van der Waals surface area contributed by atoms with Gasteiger partial charge in [-0.3, -0.25) is 9.69 Å². The number of carboxylic acid groups (broad SMARTS) is 1. The normalized spacial score (nSPS) is 18.8. The topological polar surface area (TPSA) is 129 Å². The number of aromatic carboxylic acids is 1. The molecule has 0 saturated carbocycles. The third kappa shape index (κ3) is 4.74. The minimum Gasteiger partial charge on any atom is -0.478 e. The molecule has 8 nitrogen and oxygen atoms in total. The number of aromatic nitrogens is 1. The zero-order valence-electron chi connectivity index (χ0n) is 20.4. The smallest absolute Gasteiger partial charge is 0.335 e. The van der Waals surface area contributed by atoms with Crippen LogP contribution in [0.1, 0.15) is 35.3 Å². The predicted molar refractivity (Wildman–Crippen MR) is 140 cm³/mol. The Hall–Kier alpha value is -3.78. The lowest BCUT2D eigenvalue weighted by Crippen LogP contribution is -2.47. The Bertz CT molecular complexity index is 1270. The van der Waals surface area contributed by atoms with Crippen molar-refractivity contribution < 1.29 is 14.7 Å². The van der Waals surface area contributed by atoms with Crippen LogP contribution in [0.15, 0.2) is 48.7 Å². The van der Waals surface area contributed by atoms with Gasteiger partial charge in [-0.05, 0) is 68.3 Å². The Labute approximate surface area is 205 Å². The second kappa shape index (κ2) is 9.84. The first kappa shape index (κ1) is 24.3. The van der Waals surface area contributed by atoms with Gasteiger partial charge in [0.1, 0.15) is 0 Å². The fourth-order valence-corrected chi connectivity index (χ4v) is 5.18. The number of fused-ring (bicyclic) bond motifs is 2. The summed E-state index contributed by atoms with van der Waals surface area (Å²) in [5.74, 6) is -0.814. The Morgan fingerprint density at radius 1 is 1.14 bits per heavy atom. The van der Waals surface area contributed by atoms with Crippen LogP contribution in [0.4, 0.5) is 11.4 Å². The maximum Gasteiger partial charge on any atom is 0.335 e. The summed E-state index contributed by atoms with van der Waals surface area (Å²) in [6.07, 6.45) is 5.41. The van der Waals surface area contributed by atoms with Gasteiger partial charge in [-0.15, -0.1) is 0 Å².